The van der Waals surface area contributed by atoms with Gasteiger partial charge in [-0.25, -0.2) is 4.98 Å². The first-order valence-corrected chi connectivity index (χ1v) is 7.17. The third-order valence-electron chi connectivity index (χ3n) is 4.13. The fraction of sp³-hybridized carbons (Fsp3) is 0.800. The Kier molecular flexibility index (Phi) is 4.10. The Morgan fingerprint density at radius 3 is 2.67 bits per heavy atom. The van der Waals surface area contributed by atoms with E-state index in [2.05, 4.69) is 48.8 Å². The van der Waals surface area contributed by atoms with Gasteiger partial charge in [-0.2, -0.15) is 0 Å². The van der Waals surface area contributed by atoms with E-state index in [-0.39, 0.29) is 5.41 Å². The van der Waals surface area contributed by atoms with Crippen LogP contribution in [0.1, 0.15) is 47.0 Å². The van der Waals surface area contributed by atoms with Crippen LogP contribution in [0.4, 0.5) is 0 Å². The van der Waals surface area contributed by atoms with E-state index in [1.165, 1.54) is 19.3 Å². The molecule has 18 heavy (non-hydrogen) atoms. The van der Waals surface area contributed by atoms with Crippen molar-refractivity contribution in [1.29, 1.82) is 0 Å². The highest BCUT2D eigenvalue weighted by molar-refractivity contribution is 4.89. The minimum atomic E-state index is 0.274. The molecule has 0 aromatic carbocycles. The third kappa shape index (κ3) is 3.58. The fourth-order valence-electron chi connectivity index (χ4n) is 2.83. The lowest BCUT2D eigenvalue weighted by Crippen LogP contribution is -2.47. The van der Waals surface area contributed by atoms with Gasteiger partial charge in [-0.3, -0.25) is 0 Å². The van der Waals surface area contributed by atoms with E-state index in [4.69, 9.17) is 0 Å². The first-order valence-electron chi connectivity index (χ1n) is 7.17. The van der Waals surface area contributed by atoms with Crippen LogP contribution in [0.2, 0.25) is 0 Å². The summed E-state index contributed by atoms with van der Waals surface area (Å²) in [7, 11) is 0. The SMILES string of the molecule is CC1CCC(NC(Cn2ccnc2)C(C)(C)C)C1. The first kappa shape index (κ1) is 13.6. The maximum atomic E-state index is 4.14. The summed E-state index contributed by atoms with van der Waals surface area (Å²) in [6, 6.07) is 1.20. The predicted octanol–water partition coefficient (Wildman–Crippen LogP) is 3.08. The van der Waals surface area contributed by atoms with Crippen LogP contribution in [0.5, 0.6) is 0 Å². The normalized spacial score (nSPS) is 26.4. The Hall–Kier alpha value is -0.830. The van der Waals surface area contributed by atoms with Gasteiger partial charge in [0.15, 0.2) is 0 Å². The maximum absolute atomic E-state index is 4.14. The predicted molar refractivity (Wildman–Crippen MR) is 75.4 cm³/mol. The van der Waals surface area contributed by atoms with Crippen molar-refractivity contribution in [3.8, 4) is 0 Å². The van der Waals surface area contributed by atoms with Crippen LogP contribution in [0.15, 0.2) is 18.7 Å². The van der Waals surface area contributed by atoms with Crippen LogP contribution < -0.4 is 5.32 Å². The molecule has 0 spiro atoms. The van der Waals surface area contributed by atoms with Crippen molar-refractivity contribution in [2.24, 2.45) is 11.3 Å². The number of rotatable bonds is 4. The summed E-state index contributed by atoms with van der Waals surface area (Å²) in [5.41, 5.74) is 0.274. The smallest absolute Gasteiger partial charge is 0.0946 e. The van der Waals surface area contributed by atoms with E-state index in [9.17, 15) is 0 Å². The lowest BCUT2D eigenvalue weighted by molar-refractivity contribution is 0.220. The van der Waals surface area contributed by atoms with Crippen LogP contribution in [0.3, 0.4) is 0 Å². The minimum absolute atomic E-state index is 0.274. The Bertz CT molecular complexity index is 350. The van der Waals surface area contributed by atoms with E-state index in [0.717, 1.165) is 12.5 Å². The van der Waals surface area contributed by atoms with Crippen molar-refractivity contribution >= 4 is 0 Å². The number of nitrogens with one attached hydrogen (secondary N) is 1. The molecule has 3 atom stereocenters. The molecule has 0 saturated heterocycles. The van der Waals surface area contributed by atoms with Crippen LogP contribution in [0, 0.1) is 11.3 Å². The standard InChI is InChI=1S/C15H27N3/c1-12-5-6-13(9-12)17-14(15(2,3)4)10-18-8-7-16-11-18/h7-8,11-14,17H,5-6,9-10H2,1-4H3. The van der Waals surface area contributed by atoms with Crippen LogP contribution in [-0.2, 0) is 6.54 Å². The molecule has 1 aromatic rings. The van der Waals surface area contributed by atoms with Gasteiger partial charge in [0.05, 0.1) is 6.33 Å². The summed E-state index contributed by atoms with van der Waals surface area (Å²) in [5.74, 6) is 0.886. The fourth-order valence-corrected chi connectivity index (χ4v) is 2.83. The zero-order valence-corrected chi connectivity index (χ0v) is 12.2. The largest absolute Gasteiger partial charge is 0.336 e. The quantitative estimate of drug-likeness (QED) is 0.888. The highest BCUT2D eigenvalue weighted by Crippen LogP contribution is 2.28. The molecule has 3 nitrogen and oxygen atoms in total. The Balaban J connectivity index is 1.97. The van der Waals surface area contributed by atoms with Gasteiger partial charge in [-0.1, -0.05) is 27.7 Å². The molecule has 1 N–H and O–H groups in total. The molecular weight excluding hydrogens is 222 g/mol. The van der Waals surface area contributed by atoms with Gasteiger partial charge in [-0.05, 0) is 30.6 Å². The van der Waals surface area contributed by atoms with E-state index in [0.29, 0.717) is 12.1 Å². The van der Waals surface area contributed by atoms with E-state index >= 15 is 0 Å². The molecule has 3 heteroatoms. The van der Waals surface area contributed by atoms with Crippen molar-refractivity contribution in [2.75, 3.05) is 0 Å². The van der Waals surface area contributed by atoms with Crippen LogP contribution >= 0.6 is 0 Å². The van der Waals surface area contributed by atoms with Gasteiger partial charge in [0.1, 0.15) is 0 Å². The molecule has 1 aliphatic rings. The molecule has 1 aromatic heterocycles. The second-order valence-electron chi connectivity index (χ2n) is 6.96. The molecule has 1 saturated carbocycles. The average molecular weight is 249 g/mol. The molecule has 0 bridgehead atoms. The Morgan fingerprint density at radius 1 is 1.39 bits per heavy atom. The van der Waals surface area contributed by atoms with Crippen molar-refractivity contribution in [3.05, 3.63) is 18.7 Å². The summed E-state index contributed by atoms with van der Waals surface area (Å²) in [4.78, 5) is 4.14. The van der Waals surface area contributed by atoms with Gasteiger partial charge in [0.2, 0.25) is 0 Å². The van der Waals surface area contributed by atoms with Crippen molar-refractivity contribution in [2.45, 2.75) is 65.6 Å². The molecular formula is C15H27N3. The second kappa shape index (κ2) is 5.43. The lowest BCUT2D eigenvalue weighted by Gasteiger charge is -2.34. The summed E-state index contributed by atoms with van der Waals surface area (Å²) in [5, 5.41) is 3.88. The van der Waals surface area contributed by atoms with Crippen molar-refractivity contribution < 1.29 is 0 Å². The molecule has 3 unspecified atom stereocenters. The highest BCUT2D eigenvalue weighted by atomic mass is 15.1. The minimum Gasteiger partial charge on any atom is -0.336 e. The van der Waals surface area contributed by atoms with Crippen LogP contribution in [-0.4, -0.2) is 21.6 Å². The van der Waals surface area contributed by atoms with Crippen molar-refractivity contribution in [1.82, 2.24) is 14.9 Å². The molecule has 0 aliphatic heterocycles. The van der Waals surface area contributed by atoms with Crippen molar-refractivity contribution in [3.63, 3.8) is 0 Å². The molecule has 0 radical (unpaired) electrons. The molecule has 2 rings (SSSR count). The number of hydrogen-bond acceptors (Lipinski definition) is 2. The van der Waals surface area contributed by atoms with Crippen LogP contribution in [0.25, 0.3) is 0 Å². The number of aromatic nitrogens is 2. The monoisotopic (exact) mass is 249 g/mol. The Morgan fingerprint density at radius 2 is 2.17 bits per heavy atom. The molecule has 1 fully saturated rings. The zero-order chi connectivity index (χ0) is 13.2. The number of hydrogen-bond donors (Lipinski definition) is 1. The topological polar surface area (TPSA) is 29.9 Å². The second-order valence-corrected chi connectivity index (χ2v) is 6.96. The number of nitrogens with zero attached hydrogens (tertiary/aromatic N) is 2. The summed E-state index contributed by atoms with van der Waals surface area (Å²) in [6.45, 7) is 10.3. The summed E-state index contributed by atoms with van der Waals surface area (Å²) in [6.07, 6.45) is 9.86. The molecule has 1 heterocycles. The van der Waals surface area contributed by atoms with Gasteiger partial charge in [0, 0.05) is 31.0 Å². The van der Waals surface area contributed by atoms with Gasteiger partial charge in [0.25, 0.3) is 0 Å². The van der Waals surface area contributed by atoms with Gasteiger partial charge in [-0.15, -0.1) is 0 Å². The van der Waals surface area contributed by atoms with E-state index < -0.39 is 0 Å². The Labute approximate surface area is 111 Å². The highest BCUT2D eigenvalue weighted by Gasteiger charge is 2.30. The van der Waals surface area contributed by atoms with Gasteiger partial charge >= 0.3 is 0 Å². The summed E-state index contributed by atoms with van der Waals surface area (Å²) < 4.78 is 2.18. The maximum Gasteiger partial charge on any atom is 0.0946 e. The zero-order valence-electron chi connectivity index (χ0n) is 12.2. The first-order chi connectivity index (χ1) is 8.45. The number of imidazole rings is 1. The summed E-state index contributed by atoms with van der Waals surface area (Å²) >= 11 is 0. The molecule has 1 aliphatic carbocycles. The molecule has 0 amide bonds. The van der Waals surface area contributed by atoms with E-state index in [1.807, 2.05) is 12.5 Å². The average Bonchev–Trinajstić information content (AvgIpc) is 2.88. The third-order valence-corrected chi connectivity index (χ3v) is 4.13. The lowest BCUT2D eigenvalue weighted by atomic mass is 9.86. The van der Waals surface area contributed by atoms with Gasteiger partial charge < -0.3 is 9.88 Å². The van der Waals surface area contributed by atoms with E-state index in [1.54, 1.807) is 0 Å². The molecule has 102 valence electrons.